The normalized spacial score (nSPS) is 9.79. The predicted molar refractivity (Wildman–Crippen MR) is 82.4 cm³/mol. The molecule has 0 unspecified atom stereocenters. The van der Waals surface area contributed by atoms with Crippen molar-refractivity contribution in [2.24, 2.45) is 5.73 Å². The minimum atomic E-state index is 0. The van der Waals surface area contributed by atoms with E-state index in [0.29, 0.717) is 5.75 Å². The van der Waals surface area contributed by atoms with Crippen LogP contribution in [0, 0.1) is 5.41 Å². The largest absolute Gasteiger partial charge is 1.00 e. The number of nitrogens with two attached hydrogens (primary N) is 1. The summed E-state index contributed by atoms with van der Waals surface area (Å²) in [5.74, 6) is 1.56. The van der Waals surface area contributed by atoms with Crippen LogP contribution in [0.15, 0.2) is 22.7 Å². The fourth-order valence-electron chi connectivity index (χ4n) is 1.49. The molecule has 0 atom stereocenters. The number of nitrogens with one attached hydrogen (secondary N) is 1. The number of benzene rings is 1. The Hall–Kier alpha value is -0.390. The van der Waals surface area contributed by atoms with E-state index in [2.05, 4.69) is 22.9 Å². The second kappa shape index (κ2) is 10.4. The molecule has 0 aliphatic carbocycles. The van der Waals surface area contributed by atoms with E-state index in [0.717, 1.165) is 28.8 Å². The maximum absolute atomic E-state index is 7.25. The molecule has 6 heteroatoms. The van der Waals surface area contributed by atoms with E-state index in [1.165, 1.54) is 24.6 Å². The van der Waals surface area contributed by atoms with Gasteiger partial charge >= 0.3 is 0 Å². The van der Waals surface area contributed by atoms with E-state index in [4.69, 9.17) is 15.9 Å². The van der Waals surface area contributed by atoms with Gasteiger partial charge in [-0.15, -0.1) is 0 Å². The fourth-order valence-corrected chi connectivity index (χ4v) is 2.44. The molecule has 0 spiro atoms. The van der Waals surface area contributed by atoms with Crippen molar-refractivity contribution >= 4 is 32.9 Å². The molecule has 19 heavy (non-hydrogen) atoms. The number of unbranched alkanes of at least 4 members (excludes halogenated alkanes) is 2. The van der Waals surface area contributed by atoms with E-state index in [-0.39, 0.29) is 17.6 Å². The molecule has 0 aliphatic heterocycles. The molecule has 1 aromatic carbocycles. The van der Waals surface area contributed by atoms with Crippen molar-refractivity contribution in [3.63, 3.8) is 0 Å². The first-order valence-electron chi connectivity index (χ1n) is 6.01. The van der Waals surface area contributed by atoms with Crippen LogP contribution < -0.4 is 22.9 Å². The molecular formula is C13H19BrClN2OS-. The molecule has 0 fully saturated rings. The smallest absolute Gasteiger partial charge is 0.151 e. The first-order valence-corrected chi connectivity index (χ1v) is 7.79. The summed E-state index contributed by atoms with van der Waals surface area (Å²) in [5.41, 5.74) is 6.43. The lowest BCUT2D eigenvalue weighted by molar-refractivity contribution is -0.00000441. The third kappa shape index (κ3) is 7.70. The number of halogens is 2. The molecule has 0 aliphatic rings. The second-order valence-corrected chi connectivity index (χ2v) is 5.89. The Balaban J connectivity index is 0.00000324. The minimum Gasteiger partial charge on any atom is -1.00 e. The van der Waals surface area contributed by atoms with Crippen LogP contribution in [-0.2, 0) is 5.75 Å². The van der Waals surface area contributed by atoms with Gasteiger partial charge in [0.25, 0.3) is 0 Å². The third-order valence-electron chi connectivity index (χ3n) is 2.41. The monoisotopic (exact) mass is 365 g/mol. The maximum Gasteiger partial charge on any atom is 0.151 e. The van der Waals surface area contributed by atoms with Gasteiger partial charge in [-0.1, -0.05) is 47.5 Å². The first kappa shape index (κ1) is 18.6. The number of hydrogen-bond donors (Lipinski definition) is 2. The molecule has 3 nitrogen and oxygen atoms in total. The van der Waals surface area contributed by atoms with Crippen molar-refractivity contribution in [1.82, 2.24) is 0 Å². The summed E-state index contributed by atoms with van der Waals surface area (Å²) < 4.78 is 6.80. The van der Waals surface area contributed by atoms with Crippen molar-refractivity contribution in [3.05, 3.63) is 28.2 Å². The molecule has 0 heterocycles. The van der Waals surface area contributed by atoms with Gasteiger partial charge in [0.2, 0.25) is 0 Å². The summed E-state index contributed by atoms with van der Waals surface area (Å²) in [6, 6.07) is 5.95. The van der Waals surface area contributed by atoms with Crippen LogP contribution in [-0.4, -0.2) is 11.8 Å². The van der Waals surface area contributed by atoms with E-state index < -0.39 is 0 Å². The SMILES string of the molecule is CCCCCOc1ccc(Br)cc1CSC(=N)N.[Cl-]. The lowest BCUT2D eigenvalue weighted by Crippen LogP contribution is -3.00. The number of thioether (sulfide) groups is 1. The molecule has 0 saturated heterocycles. The van der Waals surface area contributed by atoms with Crippen molar-refractivity contribution in [2.45, 2.75) is 31.9 Å². The summed E-state index contributed by atoms with van der Waals surface area (Å²) in [7, 11) is 0. The Morgan fingerprint density at radius 2 is 2.16 bits per heavy atom. The molecule has 1 aromatic rings. The number of rotatable bonds is 7. The summed E-state index contributed by atoms with van der Waals surface area (Å²) in [6.45, 7) is 2.92. The highest BCUT2D eigenvalue weighted by Gasteiger charge is 2.06. The van der Waals surface area contributed by atoms with Crippen LogP contribution in [0.25, 0.3) is 0 Å². The molecule has 0 bridgehead atoms. The zero-order valence-electron chi connectivity index (χ0n) is 10.9. The highest BCUT2D eigenvalue weighted by molar-refractivity contribution is 9.10. The standard InChI is InChI=1S/C13H19BrN2OS.ClH/c1-2-3-4-7-17-12-6-5-11(14)8-10(12)9-18-13(15)16;/h5-6,8H,2-4,7,9H2,1H3,(H3,15,16);1H/p-1. The second-order valence-electron chi connectivity index (χ2n) is 3.96. The van der Waals surface area contributed by atoms with Crippen molar-refractivity contribution in [3.8, 4) is 5.75 Å². The van der Waals surface area contributed by atoms with E-state index in [9.17, 15) is 0 Å². The van der Waals surface area contributed by atoms with Crippen molar-refractivity contribution in [1.29, 1.82) is 5.41 Å². The van der Waals surface area contributed by atoms with Crippen LogP contribution in [0.2, 0.25) is 0 Å². The van der Waals surface area contributed by atoms with Gasteiger partial charge in [-0.05, 0) is 24.6 Å². The van der Waals surface area contributed by atoms with Gasteiger partial charge < -0.3 is 22.9 Å². The highest BCUT2D eigenvalue weighted by atomic mass is 79.9. The zero-order valence-corrected chi connectivity index (χ0v) is 14.1. The number of ether oxygens (including phenoxy) is 1. The molecular weight excluding hydrogens is 348 g/mol. The number of amidine groups is 1. The molecule has 1 rings (SSSR count). The van der Waals surface area contributed by atoms with Gasteiger partial charge in [0.15, 0.2) is 5.17 Å². The lowest BCUT2D eigenvalue weighted by atomic mass is 10.2. The maximum atomic E-state index is 7.25. The molecule has 0 radical (unpaired) electrons. The predicted octanol–water partition coefficient (Wildman–Crippen LogP) is 1.15. The Morgan fingerprint density at radius 3 is 2.79 bits per heavy atom. The van der Waals surface area contributed by atoms with E-state index in [1.807, 2.05) is 18.2 Å². The molecule has 0 aromatic heterocycles. The van der Waals surface area contributed by atoms with Crippen molar-refractivity contribution < 1.29 is 17.1 Å². The summed E-state index contributed by atoms with van der Waals surface area (Å²) >= 11 is 4.76. The highest BCUT2D eigenvalue weighted by Crippen LogP contribution is 2.27. The molecule has 0 amide bonds. The third-order valence-corrected chi connectivity index (χ3v) is 3.67. The van der Waals surface area contributed by atoms with Gasteiger partial charge in [-0.3, -0.25) is 5.41 Å². The topological polar surface area (TPSA) is 59.1 Å². The average molecular weight is 367 g/mol. The van der Waals surface area contributed by atoms with E-state index in [1.54, 1.807) is 0 Å². The van der Waals surface area contributed by atoms with Crippen LogP contribution in [0.5, 0.6) is 5.75 Å². The van der Waals surface area contributed by atoms with Gasteiger partial charge in [0.1, 0.15) is 5.75 Å². The Kier molecular flexibility index (Phi) is 10.2. The average Bonchev–Trinajstić information content (AvgIpc) is 2.34. The Morgan fingerprint density at radius 1 is 1.42 bits per heavy atom. The fraction of sp³-hybridized carbons (Fsp3) is 0.462. The molecule has 0 saturated carbocycles. The quantitative estimate of drug-likeness (QED) is 0.432. The first-order chi connectivity index (χ1) is 8.63. The zero-order chi connectivity index (χ0) is 13.4. The summed E-state index contributed by atoms with van der Waals surface area (Å²) in [6.07, 6.45) is 3.46. The van der Waals surface area contributed by atoms with Crippen LogP contribution in [0.4, 0.5) is 0 Å². The van der Waals surface area contributed by atoms with Crippen LogP contribution in [0.3, 0.4) is 0 Å². The van der Waals surface area contributed by atoms with Gasteiger partial charge in [0.05, 0.1) is 6.61 Å². The van der Waals surface area contributed by atoms with Gasteiger partial charge in [-0.2, -0.15) is 0 Å². The lowest BCUT2D eigenvalue weighted by Gasteiger charge is -2.11. The van der Waals surface area contributed by atoms with Crippen LogP contribution in [0.1, 0.15) is 31.7 Å². The number of hydrogen-bond acceptors (Lipinski definition) is 3. The molecule has 3 N–H and O–H groups in total. The summed E-state index contributed by atoms with van der Waals surface area (Å²) in [5, 5.41) is 7.38. The molecule has 108 valence electrons. The summed E-state index contributed by atoms with van der Waals surface area (Å²) in [4.78, 5) is 0. The minimum absolute atomic E-state index is 0. The Labute approximate surface area is 133 Å². The van der Waals surface area contributed by atoms with Crippen LogP contribution >= 0.6 is 27.7 Å². The Bertz CT molecular complexity index is 404. The van der Waals surface area contributed by atoms with Gasteiger partial charge in [-0.25, -0.2) is 0 Å². The van der Waals surface area contributed by atoms with Crippen molar-refractivity contribution in [2.75, 3.05) is 6.61 Å². The van der Waals surface area contributed by atoms with Gasteiger partial charge in [0, 0.05) is 15.8 Å². The van der Waals surface area contributed by atoms with E-state index >= 15 is 0 Å².